The van der Waals surface area contributed by atoms with E-state index in [0.29, 0.717) is 12.3 Å². The van der Waals surface area contributed by atoms with Crippen LogP contribution in [0, 0.1) is 5.92 Å². The highest BCUT2D eigenvalue weighted by molar-refractivity contribution is 5.93. The van der Waals surface area contributed by atoms with Crippen molar-refractivity contribution in [2.24, 2.45) is 5.92 Å². The number of carbonyl (C=O) groups excluding carboxylic acids is 2. The van der Waals surface area contributed by atoms with Gasteiger partial charge in [0.15, 0.2) is 11.5 Å². The molecule has 1 aliphatic carbocycles. The summed E-state index contributed by atoms with van der Waals surface area (Å²) in [5, 5.41) is 9.69. The highest BCUT2D eigenvalue weighted by Gasteiger charge is 2.22. The molecule has 1 saturated carbocycles. The zero-order valence-corrected chi connectivity index (χ0v) is 16.1. The molecule has 2 amide bonds. The summed E-state index contributed by atoms with van der Waals surface area (Å²) in [6, 6.07) is 18.7. The Bertz CT molecular complexity index is 991. The second-order valence-corrected chi connectivity index (χ2v) is 7.30. The van der Waals surface area contributed by atoms with Gasteiger partial charge in [0.1, 0.15) is 0 Å². The Morgan fingerprint density at radius 3 is 2.59 bits per heavy atom. The molecule has 4 rings (SSSR count). The number of amides is 2. The zero-order chi connectivity index (χ0) is 20.1. The monoisotopic (exact) mass is 389 g/mol. The van der Waals surface area contributed by atoms with Gasteiger partial charge in [-0.05, 0) is 30.5 Å². The lowest BCUT2D eigenvalue weighted by atomic mass is 10.1. The number of nitrogens with one attached hydrogen (secondary N) is 2. The largest absolute Gasteiger partial charge is 0.355 e. The molecule has 1 heterocycles. The first-order valence-corrected chi connectivity index (χ1v) is 9.89. The molecule has 29 heavy (non-hydrogen) atoms. The van der Waals surface area contributed by atoms with Crippen LogP contribution in [0.3, 0.4) is 0 Å². The summed E-state index contributed by atoms with van der Waals surface area (Å²) < 4.78 is 5.28. The van der Waals surface area contributed by atoms with Crippen LogP contribution >= 0.6 is 0 Å². The minimum absolute atomic E-state index is 0.0831. The molecule has 1 aliphatic rings. The quantitative estimate of drug-likeness (QED) is 0.654. The third-order valence-corrected chi connectivity index (χ3v) is 5.17. The minimum atomic E-state index is -0.309. The highest BCUT2D eigenvalue weighted by Crippen LogP contribution is 2.26. The SMILES string of the molecule is O=C(NCc1cccc(NC(=O)C2CCCC2)c1)c1cc(-c2ccccc2)on1. The van der Waals surface area contributed by atoms with Crippen LogP contribution in [0.4, 0.5) is 5.69 Å². The number of nitrogens with zero attached hydrogens (tertiary/aromatic N) is 1. The van der Waals surface area contributed by atoms with Crippen molar-refractivity contribution in [2.45, 2.75) is 32.2 Å². The molecule has 1 aromatic heterocycles. The molecule has 6 nitrogen and oxygen atoms in total. The molecule has 0 saturated heterocycles. The van der Waals surface area contributed by atoms with Gasteiger partial charge in [0.2, 0.25) is 5.91 Å². The Kier molecular flexibility index (Phi) is 5.70. The summed E-state index contributed by atoms with van der Waals surface area (Å²) in [5.41, 5.74) is 2.75. The fraction of sp³-hybridized carbons (Fsp3) is 0.261. The third-order valence-electron chi connectivity index (χ3n) is 5.17. The summed E-state index contributed by atoms with van der Waals surface area (Å²) in [7, 11) is 0. The molecule has 0 atom stereocenters. The van der Waals surface area contributed by atoms with E-state index in [4.69, 9.17) is 4.52 Å². The van der Waals surface area contributed by atoms with Crippen LogP contribution in [0.5, 0.6) is 0 Å². The third kappa shape index (κ3) is 4.71. The molecule has 0 aliphatic heterocycles. The van der Waals surface area contributed by atoms with Crippen LogP contribution in [0.1, 0.15) is 41.7 Å². The number of hydrogen-bond acceptors (Lipinski definition) is 4. The maximum atomic E-state index is 12.4. The number of rotatable bonds is 6. The molecular weight excluding hydrogens is 366 g/mol. The summed E-state index contributed by atoms with van der Waals surface area (Å²) in [5.74, 6) is 0.438. The number of carbonyl (C=O) groups is 2. The first-order chi connectivity index (χ1) is 14.2. The molecule has 6 heteroatoms. The van der Waals surface area contributed by atoms with E-state index in [2.05, 4.69) is 15.8 Å². The first-order valence-electron chi connectivity index (χ1n) is 9.89. The lowest BCUT2D eigenvalue weighted by molar-refractivity contribution is -0.119. The van der Waals surface area contributed by atoms with E-state index in [0.717, 1.165) is 42.5 Å². The minimum Gasteiger partial charge on any atom is -0.355 e. The van der Waals surface area contributed by atoms with Crippen molar-refractivity contribution >= 4 is 17.5 Å². The van der Waals surface area contributed by atoms with Gasteiger partial charge in [0, 0.05) is 29.8 Å². The van der Waals surface area contributed by atoms with Crippen LogP contribution in [-0.4, -0.2) is 17.0 Å². The molecule has 1 fully saturated rings. The first kappa shape index (κ1) is 18.9. The molecule has 3 aromatic rings. The molecule has 0 spiro atoms. The Labute approximate surface area is 169 Å². The van der Waals surface area contributed by atoms with Crippen molar-refractivity contribution in [2.75, 3.05) is 5.32 Å². The van der Waals surface area contributed by atoms with Crippen LogP contribution in [0.25, 0.3) is 11.3 Å². The number of hydrogen-bond donors (Lipinski definition) is 2. The molecular formula is C23H23N3O3. The lowest BCUT2D eigenvalue weighted by Gasteiger charge is -2.11. The Balaban J connectivity index is 1.35. The molecule has 0 unspecified atom stereocenters. The maximum absolute atomic E-state index is 12.4. The van der Waals surface area contributed by atoms with Crippen molar-refractivity contribution in [3.63, 3.8) is 0 Å². The van der Waals surface area contributed by atoms with E-state index < -0.39 is 0 Å². The molecule has 2 N–H and O–H groups in total. The van der Waals surface area contributed by atoms with Gasteiger partial charge < -0.3 is 15.2 Å². The van der Waals surface area contributed by atoms with Crippen molar-refractivity contribution < 1.29 is 14.1 Å². The summed E-state index contributed by atoms with van der Waals surface area (Å²) in [6.45, 7) is 0.333. The summed E-state index contributed by atoms with van der Waals surface area (Å²) in [6.07, 6.45) is 4.17. The fourth-order valence-corrected chi connectivity index (χ4v) is 3.58. The summed E-state index contributed by atoms with van der Waals surface area (Å²) in [4.78, 5) is 24.7. The van der Waals surface area contributed by atoms with Gasteiger partial charge >= 0.3 is 0 Å². The number of benzene rings is 2. The molecule has 0 radical (unpaired) electrons. The van der Waals surface area contributed by atoms with E-state index in [1.54, 1.807) is 6.07 Å². The Morgan fingerprint density at radius 2 is 1.79 bits per heavy atom. The predicted octanol–water partition coefficient (Wildman–Crippen LogP) is 4.40. The van der Waals surface area contributed by atoms with Gasteiger partial charge in [0.05, 0.1) is 0 Å². The van der Waals surface area contributed by atoms with Gasteiger partial charge in [-0.25, -0.2) is 0 Å². The van der Waals surface area contributed by atoms with E-state index in [1.165, 1.54) is 0 Å². The van der Waals surface area contributed by atoms with Crippen molar-refractivity contribution in [3.05, 3.63) is 71.9 Å². The number of aromatic nitrogens is 1. The van der Waals surface area contributed by atoms with E-state index in [9.17, 15) is 9.59 Å². The van der Waals surface area contributed by atoms with E-state index in [-0.39, 0.29) is 23.4 Å². The van der Waals surface area contributed by atoms with Crippen LogP contribution in [-0.2, 0) is 11.3 Å². The lowest BCUT2D eigenvalue weighted by Crippen LogP contribution is -2.23. The molecule has 2 aromatic carbocycles. The molecule has 0 bridgehead atoms. The highest BCUT2D eigenvalue weighted by atomic mass is 16.5. The van der Waals surface area contributed by atoms with E-state index in [1.807, 2.05) is 54.6 Å². The average Bonchev–Trinajstić information content (AvgIpc) is 3.45. The molecule has 148 valence electrons. The van der Waals surface area contributed by atoms with Crippen molar-refractivity contribution in [1.29, 1.82) is 0 Å². The fourth-order valence-electron chi connectivity index (χ4n) is 3.58. The second-order valence-electron chi connectivity index (χ2n) is 7.30. The average molecular weight is 389 g/mol. The smallest absolute Gasteiger partial charge is 0.273 e. The van der Waals surface area contributed by atoms with Crippen LogP contribution in [0.15, 0.2) is 65.2 Å². The van der Waals surface area contributed by atoms with E-state index >= 15 is 0 Å². The van der Waals surface area contributed by atoms with Gasteiger partial charge in [-0.3, -0.25) is 9.59 Å². The topological polar surface area (TPSA) is 84.2 Å². The predicted molar refractivity (Wildman–Crippen MR) is 110 cm³/mol. The van der Waals surface area contributed by atoms with Gasteiger partial charge in [-0.2, -0.15) is 0 Å². The number of anilines is 1. The maximum Gasteiger partial charge on any atom is 0.273 e. The van der Waals surface area contributed by atoms with Crippen molar-refractivity contribution in [3.8, 4) is 11.3 Å². The van der Waals surface area contributed by atoms with Gasteiger partial charge in [-0.15, -0.1) is 0 Å². The Hall–Kier alpha value is -3.41. The van der Waals surface area contributed by atoms with Crippen molar-refractivity contribution in [1.82, 2.24) is 10.5 Å². The van der Waals surface area contributed by atoms with Gasteiger partial charge in [0.25, 0.3) is 5.91 Å². The zero-order valence-electron chi connectivity index (χ0n) is 16.1. The van der Waals surface area contributed by atoms with Crippen LogP contribution < -0.4 is 10.6 Å². The van der Waals surface area contributed by atoms with Crippen LogP contribution in [0.2, 0.25) is 0 Å². The van der Waals surface area contributed by atoms with Gasteiger partial charge in [-0.1, -0.05) is 60.5 Å². The second kappa shape index (κ2) is 8.73. The Morgan fingerprint density at radius 1 is 1.00 bits per heavy atom. The standard InChI is InChI=1S/C23H23N3O3/c27-22(18-10-4-5-11-18)25-19-12-6-7-16(13-19)15-24-23(28)20-14-21(29-26-20)17-8-2-1-3-9-17/h1-3,6-9,12-14,18H,4-5,10-11,15H2,(H,24,28)(H,25,27). The normalized spacial score (nSPS) is 13.9. The summed E-state index contributed by atoms with van der Waals surface area (Å²) >= 11 is 0.